The average molecular weight is 268 g/mol. The van der Waals surface area contributed by atoms with Gasteiger partial charge in [0.25, 0.3) is 0 Å². The minimum Gasteiger partial charge on any atom is -0.368 e. The molecule has 0 saturated carbocycles. The number of nitrogens with one attached hydrogen (secondary N) is 2. The van der Waals surface area contributed by atoms with Crippen LogP contribution in [0.4, 0.5) is 17.5 Å². The Labute approximate surface area is 116 Å². The second kappa shape index (κ2) is 4.80. The Balaban J connectivity index is 2.08. The molecule has 0 spiro atoms. The molecule has 4 N–H and O–H groups in total. The van der Waals surface area contributed by atoms with Gasteiger partial charge in [-0.2, -0.15) is 9.97 Å². The maximum Gasteiger partial charge on any atom is 0.224 e. The fraction of sp³-hybridized carbons (Fsp3) is 0.214. The summed E-state index contributed by atoms with van der Waals surface area (Å²) in [7, 11) is 0. The predicted octanol–water partition coefficient (Wildman–Crippen LogP) is 2.80. The Bertz CT molecular complexity index is 746. The minimum absolute atomic E-state index is 0.203. The normalized spacial score (nSPS) is 11.2. The second-order valence-electron chi connectivity index (χ2n) is 4.90. The number of benzene rings is 1. The van der Waals surface area contributed by atoms with Gasteiger partial charge in [-0.15, -0.1) is 0 Å². The van der Waals surface area contributed by atoms with Crippen LogP contribution in [0, 0.1) is 0 Å². The molecule has 0 atom stereocenters. The zero-order valence-electron chi connectivity index (χ0n) is 11.4. The smallest absolute Gasteiger partial charge is 0.224 e. The average Bonchev–Trinajstić information content (AvgIpc) is 2.87. The fourth-order valence-electron chi connectivity index (χ4n) is 2.18. The van der Waals surface area contributed by atoms with Crippen LogP contribution in [0.3, 0.4) is 0 Å². The molecule has 102 valence electrons. The molecule has 0 bridgehead atoms. The van der Waals surface area contributed by atoms with E-state index in [0.29, 0.717) is 17.4 Å². The van der Waals surface area contributed by atoms with E-state index in [4.69, 9.17) is 5.73 Å². The number of H-pyrrole nitrogens is 1. The lowest BCUT2D eigenvalue weighted by Crippen LogP contribution is -2.03. The van der Waals surface area contributed by atoms with E-state index in [1.807, 2.05) is 18.2 Å². The molecule has 0 aliphatic heterocycles. The van der Waals surface area contributed by atoms with E-state index in [2.05, 4.69) is 45.2 Å². The molecular weight excluding hydrogens is 252 g/mol. The molecule has 6 heteroatoms. The standard InChI is InChI=1S/C14H16N6/c1-8(2)9-5-3-4-6-10(9)18-13-11-12(17-7-16-11)19-14(15)20-13/h3-8H,1-2H3,(H4,15,16,17,18,19,20). The van der Waals surface area contributed by atoms with Gasteiger partial charge in [0.2, 0.25) is 5.95 Å². The van der Waals surface area contributed by atoms with Crippen molar-refractivity contribution in [2.24, 2.45) is 0 Å². The van der Waals surface area contributed by atoms with Crippen molar-refractivity contribution in [3.63, 3.8) is 0 Å². The predicted molar refractivity (Wildman–Crippen MR) is 79.9 cm³/mol. The molecule has 0 fully saturated rings. The van der Waals surface area contributed by atoms with Gasteiger partial charge >= 0.3 is 0 Å². The van der Waals surface area contributed by atoms with Crippen LogP contribution >= 0.6 is 0 Å². The number of anilines is 3. The molecule has 0 amide bonds. The molecule has 0 unspecified atom stereocenters. The van der Waals surface area contributed by atoms with E-state index in [-0.39, 0.29) is 5.95 Å². The highest BCUT2D eigenvalue weighted by Crippen LogP contribution is 2.28. The maximum atomic E-state index is 5.72. The van der Waals surface area contributed by atoms with Crippen LogP contribution in [0.5, 0.6) is 0 Å². The van der Waals surface area contributed by atoms with Gasteiger partial charge in [0.15, 0.2) is 11.5 Å². The number of imidazole rings is 1. The van der Waals surface area contributed by atoms with Crippen molar-refractivity contribution in [3.05, 3.63) is 36.2 Å². The van der Waals surface area contributed by atoms with Crippen molar-refractivity contribution in [2.45, 2.75) is 19.8 Å². The van der Waals surface area contributed by atoms with Crippen molar-refractivity contribution < 1.29 is 0 Å². The number of nitrogens with zero attached hydrogens (tertiary/aromatic N) is 3. The van der Waals surface area contributed by atoms with Gasteiger partial charge in [-0.05, 0) is 17.5 Å². The lowest BCUT2D eigenvalue weighted by Gasteiger charge is -2.14. The SMILES string of the molecule is CC(C)c1ccccc1Nc1nc(N)nc2nc[nH]c12. The molecule has 1 aromatic carbocycles. The van der Waals surface area contributed by atoms with Gasteiger partial charge in [0, 0.05) is 5.69 Å². The monoisotopic (exact) mass is 268 g/mol. The Kier molecular flexibility index (Phi) is 2.98. The summed E-state index contributed by atoms with van der Waals surface area (Å²) in [5, 5.41) is 3.32. The number of aromatic amines is 1. The molecule has 0 radical (unpaired) electrons. The number of aromatic nitrogens is 4. The zero-order valence-corrected chi connectivity index (χ0v) is 11.4. The molecule has 20 heavy (non-hydrogen) atoms. The van der Waals surface area contributed by atoms with Crippen LogP contribution in [0.1, 0.15) is 25.3 Å². The Morgan fingerprint density at radius 3 is 2.80 bits per heavy atom. The quantitative estimate of drug-likeness (QED) is 0.679. The van der Waals surface area contributed by atoms with Crippen LogP contribution < -0.4 is 11.1 Å². The third kappa shape index (κ3) is 2.16. The van der Waals surface area contributed by atoms with E-state index in [9.17, 15) is 0 Å². The first-order valence-electron chi connectivity index (χ1n) is 6.47. The van der Waals surface area contributed by atoms with Crippen LogP contribution in [0.15, 0.2) is 30.6 Å². The largest absolute Gasteiger partial charge is 0.368 e. The van der Waals surface area contributed by atoms with Crippen molar-refractivity contribution >= 4 is 28.6 Å². The summed E-state index contributed by atoms with van der Waals surface area (Å²) in [5.41, 5.74) is 9.26. The lowest BCUT2D eigenvalue weighted by molar-refractivity contribution is 0.869. The van der Waals surface area contributed by atoms with E-state index in [1.165, 1.54) is 5.56 Å². The van der Waals surface area contributed by atoms with Gasteiger partial charge < -0.3 is 16.0 Å². The fourth-order valence-corrected chi connectivity index (χ4v) is 2.18. The van der Waals surface area contributed by atoms with Crippen LogP contribution in [-0.4, -0.2) is 19.9 Å². The summed E-state index contributed by atoms with van der Waals surface area (Å²) < 4.78 is 0. The van der Waals surface area contributed by atoms with Crippen molar-refractivity contribution in [3.8, 4) is 0 Å². The molecule has 0 saturated heterocycles. The molecule has 0 aliphatic carbocycles. The zero-order chi connectivity index (χ0) is 14.1. The summed E-state index contributed by atoms with van der Waals surface area (Å²) in [5.74, 6) is 1.25. The van der Waals surface area contributed by atoms with Crippen LogP contribution in [0.2, 0.25) is 0 Å². The summed E-state index contributed by atoms with van der Waals surface area (Å²) in [6, 6.07) is 8.14. The number of rotatable bonds is 3. The molecule has 3 aromatic rings. The van der Waals surface area contributed by atoms with Gasteiger partial charge in [0.05, 0.1) is 6.33 Å². The molecule has 2 aromatic heterocycles. The Hall–Kier alpha value is -2.63. The van der Waals surface area contributed by atoms with Crippen molar-refractivity contribution in [1.29, 1.82) is 0 Å². The van der Waals surface area contributed by atoms with Gasteiger partial charge in [-0.25, -0.2) is 4.98 Å². The van der Waals surface area contributed by atoms with E-state index in [0.717, 1.165) is 11.2 Å². The number of nitrogen functional groups attached to an aromatic ring is 1. The molecule has 6 nitrogen and oxygen atoms in total. The number of hydrogen-bond donors (Lipinski definition) is 3. The van der Waals surface area contributed by atoms with Crippen LogP contribution in [-0.2, 0) is 0 Å². The van der Waals surface area contributed by atoms with E-state index >= 15 is 0 Å². The maximum absolute atomic E-state index is 5.72. The topological polar surface area (TPSA) is 92.5 Å². The minimum atomic E-state index is 0.203. The lowest BCUT2D eigenvalue weighted by atomic mass is 10.0. The first-order valence-corrected chi connectivity index (χ1v) is 6.47. The van der Waals surface area contributed by atoms with Crippen molar-refractivity contribution in [2.75, 3.05) is 11.1 Å². The van der Waals surface area contributed by atoms with E-state index in [1.54, 1.807) is 6.33 Å². The third-order valence-electron chi connectivity index (χ3n) is 3.14. The molecule has 2 heterocycles. The van der Waals surface area contributed by atoms with Gasteiger partial charge in [-0.1, -0.05) is 32.0 Å². The van der Waals surface area contributed by atoms with Gasteiger partial charge in [-0.3, -0.25) is 0 Å². The van der Waals surface area contributed by atoms with Gasteiger partial charge in [0.1, 0.15) is 5.52 Å². The second-order valence-corrected chi connectivity index (χ2v) is 4.90. The number of fused-ring (bicyclic) bond motifs is 1. The summed E-state index contributed by atoms with van der Waals surface area (Å²) >= 11 is 0. The number of nitrogens with two attached hydrogens (primary N) is 1. The summed E-state index contributed by atoms with van der Waals surface area (Å²) in [6.07, 6.45) is 1.58. The molecule has 3 rings (SSSR count). The summed E-state index contributed by atoms with van der Waals surface area (Å²) in [4.78, 5) is 15.5. The highest BCUT2D eigenvalue weighted by atomic mass is 15.1. The Morgan fingerprint density at radius 1 is 1.20 bits per heavy atom. The molecular formula is C14H16N6. The van der Waals surface area contributed by atoms with Crippen molar-refractivity contribution in [1.82, 2.24) is 19.9 Å². The van der Waals surface area contributed by atoms with E-state index < -0.39 is 0 Å². The first-order chi connectivity index (χ1) is 9.65. The Morgan fingerprint density at radius 2 is 2.00 bits per heavy atom. The first kappa shape index (κ1) is 12.4. The molecule has 0 aliphatic rings. The van der Waals surface area contributed by atoms with Crippen LogP contribution in [0.25, 0.3) is 11.2 Å². The summed E-state index contributed by atoms with van der Waals surface area (Å²) in [6.45, 7) is 4.31. The number of hydrogen-bond acceptors (Lipinski definition) is 5. The number of para-hydroxylation sites is 1. The highest BCUT2D eigenvalue weighted by molar-refractivity contribution is 5.86. The third-order valence-corrected chi connectivity index (χ3v) is 3.14. The highest BCUT2D eigenvalue weighted by Gasteiger charge is 2.11.